The summed E-state index contributed by atoms with van der Waals surface area (Å²) in [6.07, 6.45) is 0.279. The number of unbranched alkanes of at least 4 members (excludes halogenated alkanes) is 1. The molecule has 1 unspecified atom stereocenters. The molecule has 3 N–H and O–H groups in total. The third-order valence-electron chi connectivity index (χ3n) is 1.20. The largest absolute Gasteiger partial charge is 1.00 e. The van der Waals surface area contributed by atoms with Crippen molar-refractivity contribution in [2.45, 2.75) is 25.4 Å². The van der Waals surface area contributed by atoms with Crippen LogP contribution in [0.4, 0.5) is 0 Å². The number of carboxylic acid groups (broad SMARTS) is 1. The van der Waals surface area contributed by atoms with Crippen molar-refractivity contribution >= 4 is 5.97 Å². The molecule has 0 amide bonds. The van der Waals surface area contributed by atoms with Gasteiger partial charge in [-0.3, -0.25) is 0 Å². The fraction of sp³-hybridized carbons (Fsp3) is 0.833. The van der Waals surface area contributed by atoms with Gasteiger partial charge in [0, 0.05) is 0 Å². The van der Waals surface area contributed by atoms with E-state index in [-0.39, 0.29) is 36.0 Å². The standard InChI is InChI=1S/C6H13NO3.Na/c7-4-2-1-3-5(8)6(9)10;/h5,8H,1-4,7H2,(H,9,10);/q;+1/p-1. The zero-order valence-electron chi connectivity index (χ0n) is 6.75. The number of hydrogen-bond donors (Lipinski definition) is 2. The second kappa shape index (κ2) is 8.49. The van der Waals surface area contributed by atoms with Gasteiger partial charge in [-0.2, -0.15) is 0 Å². The van der Waals surface area contributed by atoms with Crippen LogP contribution in [-0.4, -0.2) is 23.7 Å². The molecule has 60 valence electrons. The van der Waals surface area contributed by atoms with E-state index in [2.05, 4.69) is 0 Å². The zero-order valence-corrected chi connectivity index (χ0v) is 8.75. The van der Waals surface area contributed by atoms with Gasteiger partial charge in [0.15, 0.2) is 0 Å². The fourth-order valence-corrected chi connectivity index (χ4v) is 0.600. The van der Waals surface area contributed by atoms with Gasteiger partial charge in [-0.05, 0) is 25.8 Å². The van der Waals surface area contributed by atoms with Crippen LogP contribution in [0.5, 0.6) is 0 Å². The molecule has 0 saturated heterocycles. The Labute approximate surface area is 88.1 Å². The Bertz CT molecular complexity index is 110. The van der Waals surface area contributed by atoms with Gasteiger partial charge in [-0.25, -0.2) is 0 Å². The van der Waals surface area contributed by atoms with Gasteiger partial charge in [0.1, 0.15) is 0 Å². The maximum absolute atomic E-state index is 9.90. The molecule has 0 aliphatic carbocycles. The normalized spacial score (nSPS) is 11.8. The number of hydrogen-bond acceptors (Lipinski definition) is 4. The van der Waals surface area contributed by atoms with Gasteiger partial charge in [0.25, 0.3) is 0 Å². The molecule has 0 aromatic rings. The van der Waals surface area contributed by atoms with Crippen LogP contribution in [0, 0.1) is 0 Å². The molecule has 0 heterocycles. The molecule has 0 spiro atoms. The number of carbonyl (C=O) groups is 1. The van der Waals surface area contributed by atoms with Crippen LogP contribution < -0.4 is 40.4 Å². The van der Waals surface area contributed by atoms with Crippen LogP contribution in [0.1, 0.15) is 19.3 Å². The predicted octanol–water partition coefficient (Wildman–Crippen LogP) is -4.77. The first-order chi connectivity index (χ1) is 4.68. The Hall–Kier alpha value is 0.390. The van der Waals surface area contributed by atoms with Crippen LogP contribution in [0.25, 0.3) is 0 Å². The summed E-state index contributed by atoms with van der Waals surface area (Å²) in [7, 11) is 0. The summed E-state index contributed by atoms with van der Waals surface area (Å²) in [5.41, 5.74) is 5.15. The Morgan fingerprint density at radius 1 is 1.55 bits per heavy atom. The minimum Gasteiger partial charge on any atom is -0.547 e. The minimum atomic E-state index is -1.41. The van der Waals surface area contributed by atoms with Gasteiger partial charge in [0.05, 0.1) is 12.1 Å². The summed E-state index contributed by atoms with van der Waals surface area (Å²) in [4.78, 5) is 9.90. The predicted molar refractivity (Wildman–Crippen MR) is 33.9 cm³/mol. The van der Waals surface area contributed by atoms with E-state index in [1.165, 1.54) is 0 Å². The average molecular weight is 169 g/mol. The van der Waals surface area contributed by atoms with Crippen LogP contribution in [-0.2, 0) is 4.79 Å². The molecule has 0 fully saturated rings. The van der Waals surface area contributed by atoms with E-state index in [4.69, 9.17) is 10.8 Å². The first-order valence-electron chi connectivity index (χ1n) is 3.27. The molecule has 0 rings (SSSR count). The average Bonchev–Trinajstić information content (AvgIpc) is 1.88. The van der Waals surface area contributed by atoms with Crippen molar-refractivity contribution in [3.8, 4) is 0 Å². The summed E-state index contributed by atoms with van der Waals surface area (Å²) >= 11 is 0. The van der Waals surface area contributed by atoms with Gasteiger partial charge >= 0.3 is 29.6 Å². The summed E-state index contributed by atoms with van der Waals surface area (Å²) < 4.78 is 0. The summed E-state index contributed by atoms with van der Waals surface area (Å²) in [5, 5.41) is 18.6. The molecular weight excluding hydrogens is 157 g/mol. The summed E-state index contributed by atoms with van der Waals surface area (Å²) in [6, 6.07) is 0. The molecule has 0 aliphatic heterocycles. The molecule has 0 aromatic heterocycles. The summed E-state index contributed by atoms with van der Waals surface area (Å²) in [5.74, 6) is -1.41. The first kappa shape index (κ1) is 13.9. The smallest absolute Gasteiger partial charge is 0.547 e. The van der Waals surface area contributed by atoms with Crippen molar-refractivity contribution in [2.24, 2.45) is 5.73 Å². The van der Waals surface area contributed by atoms with Crippen molar-refractivity contribution in [1.29, 1.82) is 0 Å². The quantitative estimate of drug-likeness (QED) is 0.319. The van der Waals surface area contributed by atoms with Crippen LogP contribution in [0.15, 0.2) is 0 Å². The fourth-order valence-electron chi connectivity index (χ4n) is 0.600. The van der Waals surface area contributed by atoms with E-state index in [1.807, 2.05) is 0 Å². The van der Waals surface area contributed by atoms with Crippen molar-refractivity contribution in [3.63, 3.8) is 0 Å². The van der Waals surface area contributed by atoms with Gasteiger partial charge in [0.2, 0.25) is 0 Å². The molecular formula is C6H12NNaO3. The van der Waals surface area contributed by atoms with Crippen LogP contribution >= 0.6 is 0 Å². The van der Waals surface area contributed by atoms with E-state index in [0.717, 1.165) is 6.42 Å². The van der Waals surface area contributed by atoms with Gasteiger partial charge in [-0.15, -0.1) is 0 Å². The van der Waals surface area contributed by atoms with E-state index in [1.54, 1.807) is 0 Å². The van der Waals surface area contributed by atoms with Crippen molar-refractivity contribution in [1.82, 2.24) is 0 Å². The number of carboxylic acids is 1. The zero-order chi connectivity index (χ0) is 7.98. The monoisotopic (exact) mass is 169 g/mol. The third-order valence-corrected chi connectivity index (χ3v) is 1.20. The second-order valence-electron chi connectivity index (χ2n) is 2.12. The maximum Gasteiger partial charge on any atom is 1.00 e. The maximum atomic E-state index is 9.90. The van der Waals surface area contributed by atoms with Crippen LogP contribution in [0.2, 0.25) is 0 Å². The molecule has 0 bridgehead atoms. The van der Waals surface area contributed by atoms with Crippen molar-refractivity contribution in [2.75, 3.05) is 6.54 Å². The molecule has 4 nitrogen and oxygen atoms in total. The van der Waals surface area contributed by atoms with Crippen LogP contribution in [0.3, 0.4) is 0 Å². The summed E-state index contributed by atoms with van der Waals surface area (Å²) in [6.45, 7) is 0.528. The number of aliphatic hydroxyl groups excluding tert-OH is 1. The molecule has 0 saturated carbocycles. The number of aliphatic carboxylic acids is 1. The number of carbonyl (C=O) groups excluding carboxylic acids is 1. The SMILES string of the molecule is NCCCCC(O)C(=O)[O-].[Na+]. The Morgan fingerprint density at radius 2 is 2.09 bits per heavy atom. The third kappa shape index (κ3) is 8.29. The number of nitrogens with two attached hydrogens (primary N) is 1. The van der Waals surface area contributed by atoms with E-state index < -0.39 is 12.1 Å². The van der Waals surface area contributed by atoms with E-state index >= 15 is 0 Å². The molecule has 5 heteroatoms. The van der Waals surface area contributed by atoms with E-state index in [0.29, 0.717) is 13.0 Å². The minimum absolute atomic E-state index is 0. The first-order valence-corrected chi connectivity index (χ1v) is 3.27. The topological polar surface area (TPSA) is 86.4 Å². The van der Waals surface area contributed by atoms with Crippen molar-refractivity contribution in [3.05, 3.63) is 0 Å². The second-order valence-corrected chi connectivity index (χ2v) is 2.12. The van der Waals surface area contributed by atoms with Gasteiger partial charge < -0.3 is 20.7 Å². The van der Waals surface area contributed by atoms with Gasteiger partial charge in [-0.1, -0.05) is 0 Å². The Kier molecular flexibility index (Phi) is 10.8. The molecule has 0 aliphatic rings. The van der Waals surface area contributed by atoms with Crippen molar-refractivity contribution < 1.29 is 44.6 Å². The molecule has 0 radical (unpaired) electrons. The molecule has 1 atom stereocenters. The number of rotatable bonds is 5. The molecule has 0 aromatic carbocycles. The van der Waals surface area contributed by atoms with E-state index in [9.17, 15) is 9.90 Å². The number of aliphatic hydroxyl groups is 1. The Balaban J connectivity index is 0. The molecule has 11 heavy (non-hydrogen) atoms. The Morgan fingerprint density at radius 3 is 2.45 bits per heavy atom.